The molecule has 0 N–H and O–H groups in total. The van der Waals surface area contributed by atoms with Gasteiger partial charge in [-0.15, -0.1) is 11.3 Å². The number of hydrogen-bond donors (Lipinski definition) is 0. The van der Waals surface area contributed by atoms with Crippen LogP contribution >= 0.6 is 11.3 Å². The predicted molar refractivity (Wildman–Crippen MR) is 43.3 cm³/mol. The van der Waals surface area contributed by atoms with Gasteiger partial charge < -0.3 is 4.57 Å². The molecular formula is C7H8N2S. The van der Waals surface area contributed by atoms with Crippen LogP contribution in [-0.2, 0) is 7.05 Å². The lowest BCUT2D eigenvalue weighted by Crippen LogP contribution is -1.80. The minimum absolute atomic E-state index is 1.14. The lowest BCUT2D eigenvalue weighted by atomic mass is 10.5. The van der Waals surface area contributed by atoms with E-state index in [0.29, 0.717) is 0 Å². The number of nitrogens with zero attached hydrogens (tertiary/aromatic N) is 2. The highest BCUT2D eigenvalue weighted by Crippen LogP contribution is 2.22. The summed E-state index contributed by atoms with van der Waals surface area (Å²) in [6.07, 6.45) is 1.85. The molecule has 2 heterocycles. The third-order valence-corrected chi connectivity index (χ3v) is 2.49. The summed E-state index contributed by atoms with van der Waals surface area (Å²) in [6, 6.07) is 2.16. The van der Waals surface area contributed by atoms with Crippen LogP contribution in [0.5, 0.6) is 0 Å². The lowest BCUT2D eigenvalue weighted by molar-refractivity contribution is 0.947. The highest BCUT2D eigenvalue weighted by Gasteiger charge is 2.01. The normalized spacial score (nSPS) is 11.0. The predicted octanol–water partition coefficient (Wildman–Crippen LogP) is 1.94. The highest BCUT2D eigenvalue weighted by atomic mass is 32.1. The van der Waals surface area contributed by atoms with Crippen LogP contribution in [0.3, 0.4) is 0 Å². The molecule has 3 heteroatoms. The number of aromatic nitrogens is 2. The van der Waals surface area contributed by atoms with E-state index in [1.165, 1.54) is 10.4 Å². The van der Waals surface area contributed by atoms with E-state index in [1.807, 2.05) is 17.9 Å². The zero-order chi connectivity index (χ0) is 7.14. The molecule has 0 radical (unpaired) electrons. The van der Waals surface area contributed by atoms with Gasteiger partial charge >= 0.3 is 0 Å². The van der Waals surface area contributed by atoms with E-state index in [9.17, 15) is 0 Å². The second-order valence-electron chi connectivity index (χ2n) is 2.40. The molecule has 0 aromatic carbocycles. The largest absolute Gasteiger partial charge is 0.333 e. The summed E-state index contributed by atoms with van der Waals surface area (Å²) in [7, 11) is 2.02. The van der Waals surface area contributed by atoms with Crippen molar-refractivity contribution in [2.75, 3.05) is 0 Å². The van der Waals surface area contributed by atoms with Gasteiger partial charge in [-0.05, 0) is 13.0 Å². The molecule has 2 aromatic heterocycles. The number of aryl methyl sites for hydroxylation is 2. The fourth-order valence-electron chi connectivity index (χ4n) is 1.03. The number of imidazole rings is 1. The molecule has 52 valence electrons. The standard InChI is InChI=1S/C7H8N2S/c1-5-3-6-7(10-5)8-4-9(6)2/h3-4H,1-2H3. The van der Waals surface area contributed by atoms with E-state index < -0.39 is 0 Å². The zero-order valence-corrected chi connectivity index (χ0v) is 6.77. The number of hydrogen-bond acceptors (Lipinski definition) is 2. The van der Waals surface area contributed by atoms with Crippen LogP contribution < -0.4 is 0 Å². The van der Waals surface area contributed by atoms with Crippen LogP contribution in [0, 0.1) is 6.92 Å². The monoisotopic (exact) mass is 152 g/mol. The van der Waals surface area contributed by atoms with Crippen LogP contribution in [0.25, 0.3) is 10.3 Å². The molecule has 0 spiro atoms. The van der Waals surface area contributed by atoms with Gasteiger partial charge in [0, 0.05) is 11.9 Å². The maximum Gasteiger partial charge on any atom is 0.141 e. The van der Waals surface area contributed by atoms with Crippen molar-refractivity contribution < 1.29 is 0 Å². The summed E-state index contributed by atoms with van der Waals surface area (Å²) in [5, 5.41) is 0. The van der Waals surface area contributed by atoms with Crippen LogP contribution in [0.4, 0.5) is 0 Å². The van der Waals surface area contributed by atoms with E-state index in [-0.39, 0.29) is 0 Å². The molecule has 0 bridgehead atoms. The topological polar surface area (TPSA) is 17.8 Å². The number of fused-ring (bicyclic) bond motifs is 1. The summed E-state index contributed by atoms with van der Waals surface area (Å²) >= 11 is 1.74. The average Bonchev–Trinajstić information content (AvgIpc) is 2.35. The summed E-state index contributed by atoms with van der Waals surface area (Å²) in [4.78, 5) is 6.69. The first-order valence-corrected chi connectivity index (χ1v) is 3.96. The third-order valence-electron chi connectivity index (χ3n) is 1.54. The van der Waals surface area contributed by atoms with Gasteiger partial charge in [0.2, 0.25) is 0 Å². The molecule has 0 aliphatic heterocycles. The first-order valence-electron chi connectivity index (χ1n) is 3.15. The third kappa shape index (κ3) is 0.671. The Morgan fingerprint density at radius 2 is 2.40 bits per heavy atom. The van der Waals surface area contributed by atoms with Gasteiger partial charge in [-0.1, -0.05) is 0 Å². The Balaban J connectivity index is 2.90. The van der Waals surface area contributed by atoms with E-state index in [4.69, 9.17) is 0 Å². The maximum atomic E-state index is 4.22. The van der Waals surface area contributed by atoms with E-state index in [1.54, 1.807) is 11.3 Å². The Hall–Kier alpha value is -0.830. The SMILES string of the molecule is Cc1cc2c(ncn2C)s1. The molecular weight excluding hydrogens is 144 g/mol. The summed E-state index contributed by atoms with van der Waals surface area (Å²) in [5.41, 5.74) is 1.24. The molecule has 0 aliphatic carbocycles. The summed E-state index contributed by atoms with van der Waals surface area (Å²) in [6.45, 7) is 2.10. The highest BCUT2D eigenvalue weighted by molar-refractivity contribution is 7.18. The molecule has 0 atom stereocenters. The quantitative estimate of drug-likeness (QED) is 0.564. The van der Waals surface area contributed by atoms with Crippen molar-refractivity contribution in [3.63, 3.8) is 0 Å². The minimum atomic E-state index is 1.14. The van der Waals surface area contributed by atoms with E-state index >= 15 is 0 Å². The molecule has 0 aliphatic rings. The molecule has 0 saturated carbocycles. The molecule has 2 rings (SSSR count). The summed E-state index contributed by atoms with van der Waals surface area (Å²) in [5.74, 6) is 0. The van der Waals surface area contributed by atoms with Gasteiger partial charge in [0.15, 0.2) is 0 Å². The Morgan fingerprint density at radius 3 is 3.10 bits per heavy atom. The fraction of sp³-hybridized carbons (Fsp3) is 0.286. The minimum Gasteiger partial charge on any atom is -0.333 e. The molecule has 0 fully saturated rings. The van der Waals surface area contributed by atoms with Crippen molar-refractivity contribution >= 4 is 21.7 Å². The van der Waals surface area contributed by atoms with Crippen molar-refractivity contribution in [2.45, 2.75) is 6.92 Å². The van der Waals surface area contributed by atoms with Crippen LogP contribution in [0.2, 0.25) is 0 Å². The zero-order valence-electron chi connectivity index (χ0n) is 5.96. The Bertz CT molecular complexity index is 358. The van der Waals surface area contributed by atoms with Crippen molar-refractivity contribution in [1.29, 1.82) is 0 Å². The molecule has 0 saturated heterocycles. The van der Waals surface area contributed by atoms with Crippen molar-refractivity contribution in [1.82, 2.24) is 9.55 Å². The molecule has 10 heavy (non-hydrogen) atoms. The van der Waals surface area contributed by atoms with Gasteiger partial charge in [-0.25, -0.2) is 4.98 Å². The van der Waals surface area contributed by atoms with Crippen molar-refractivity contribution in [3.05, 3.63) is 17.3 Å². The Labute approximate surface area is 63.1 Å². The van der Waals surface area contributed by atoms with Gasteiger partial charge in [0.1, 0.15) is 4.83 Å². The molecule has 2 nitrogen and oxygen atoms in total. The molecule has 0 unspecified atom stereocenters. The summed E-state index contributed by atoms with van der Waals surface area (Å²) < 4.78 is 2.04. The van der Waals surface area contributed by atoms with Crippen LogP contribution in [0.15, 0.2) is 12.4 Å². The second kappa shape index (κ2) is 1.83. The Morgan fingerprint density at radius 1 is 1.60 bits per heavy atom. The molecule has 2 aromatic rings. The average molecular weight is 152 g/mol. The van der Waals surface area contributed by atoms with E-state index in [0.717, 1.165) is 4.83 Å². The van der Waals surface area contributed by atoms with Crippen LogP contribution in [0.1, 0.15) is 4.88 Å². The first kappa shape index (κ1) is 5.92. The van der Waals surface area contributed by atoms with Gasteiger partial charge in [0.05, 0.1) is 11.8 Å². The van der Waals surface area contributed by atoms with E-state index in [2.05, 4.69) is 18.0 Å². The number of thiophene rings is 1. The van der Waals surface area contributed by atoms with Crippen molar-refractivity contribution in [2.24, 2.45) is 7.05 Å². The second-order valence-corrected chi connectivity index (χ2v) is 3.64. The molecule has 0 amide bonds. The van der Waals surface area contributed by atoms with Crippen LogP contribution in [-0.4, -0.2) is 9.55 Å². The van der Waals surface area contributed by atoms with Gasteiger partial charge in [-0.3, -0.25) is 0 Å². The smallest absolute Gasteiger partial charge is 0.141 e. The van der Waals surface area contributed by atoms with Gasteiger partial charge in [0.25, 0.3) is 0 Å². The Kier molecular flexibility index (Phi) is 1.08. The fourth-order valence-corrected chi connectivity index (χ4v) is 1.92. The van der Waals surface area contributed by atoms with Crippen molar-refractivity contribution in [3.8, 4) is 0 Å². The number of rotatable bonds is 0. The lowest BCUT2D eigenvalue weighted by Gasteiger charge is -1.84. The maximum absolute atomic E-state index is 4.22. The van der Waals surface area contributed by atoms with Gasteiger partial charge in [-0.2, -0.15) is 0 Å². The first-order chi connectivity index (χ1) is 4.77.